The highest BCUT2D eigenvalue weighted by Crippen LogP contribution is 2.22. The van der Waals surface area contributed by atoms with Gasteiger partial charge in [0, 0.05) is 38.9 Å². The van der Waals surface area contributed by atoms with Gasteiger partial charge in [-0.2, -0.15) is 15.1 Å². The van der Waals surface area contributed by atoms with Crippen LogP contribution in [0.5, 0.6) is 0 Å². The standard InChI is InChI=1S/C22H30N6O2/c1-18-5-4-6-19(15-18)17-23-26-20-16-21(27-7-2-3-11-29-12-8-27)25-22(24-20)28-9-13-30-14-10-28/h4-6,15-17H,2-3,7-14H2,1H3,(H,24,25,26)/b23-17+. The van der Waals surface area contributed by atoms with Gasteiger partial charge in [0.1, 0.15) is 5.82 Å². The van der Waals surface area contributed by atoms with E-state index in [1.54, 1.807) is 0 Å². The van der Waals surface area contributed by atoms with Crippen molar-refractivity contribution >= 4 is 23.8 Å². The summed E-state index contributed by atoms with van der Waals surface area (Å²) in [6, 6.07) is 10.2. The van der Waals surface area contributed by atoms with E-state index in [9.17, 15) is 0 Å². The van der Waals surface area contributed by atoms with Crippen molar-refractivity contribution in [2.24, 2.45) is 5.10 Å². The highest BCUT2D eigenvalue weighted by atomic mass is 16.5. The number of hydrogen-bond donors (Lipinski definition) is 1. The molecular weight excluding hydrogens is 380 g/mol. The summed E-state index contributed by atoms with van der Waals surface area (Å²) < 4.78 is 11.2. The van der Waals surface area contributed by atoms with Crippen molar-refractivity contribution in [3.8, 4) is 0 Å². The fourth-order valence-electron chi connectivity index (χ4n) is 3.59. The quantitative estimate of drug-likeness (QED) is 0.600. The summed E-state index contributed by atoms with van der Waals surface area (Å²) in [5.74, 6) is 2.31. The minimum atomic E-state index is 0.688. The predicted octanol–water partition coefficient (Wildman–Crippen LogP) is 2.68. The molecule has 8 nitrogen and oxygen atoms in total. The third kappa shape index (κ3) is 5.67. The van der Waals surface area contributed by atoms with Crippen LogP contribution in [0.1, 0.15) is 24.0 Å². The number of morpholine rings is 1. The maximum Gasteiger partial charge on any atom is 0.229 e. The van der Waals surface area contributed by atoms with Crippen molar-refractivity contribution in [3.05, 3.63) is 41.5 Å². The van der Waals surface area contributed by atoms with Crippen molar-refractivity contribution in [1.82, 2.24) is 9.97 Å². The Kier molecular flexibility index (Phi) is 7.10. The van der Waals surface area contributed by atoms with Gasteiger partial charge < -0.3 is 19.3 Å². The van der Waals surface area contributed by atoms with Crippen LogP contribution in [0.4, 0.5) is 17.6 Å². The molecule has 0 amide bonds. The number of nitrogens with one attached hydrogen (secondary N) is 1. The molecule has 2 aliphatic heterocycles. The molecule has 0 unspecified atom stereocenters. The van der Waals surface area contributed by atoms with Crippen LogP contribution in [0.2, 0.25) is 0 Å². The third-order valence-corrected chi connectivity index (χ3v) is 5.23. The second kappa shape index (κ2) is 10.4. The zero-order valence-electron chi connectivity index (χ0n) is 17.6. The van der Waals surface area contributed by atoms with Crippen LogP contribution in [0.25, 0.3) is 0 Å². The monoisotopic (exact) mass is 410 g/mol. The number of aryl methyl sites for hydroxylation is 1. The normalized spacial score (nSPS) is 18.3. The Morgan fingerprint density at radius 1 is 0.933 bits per heavy atom. The summed E-state index contributed by atoms with van der Waals surface area (Å²) in [5.41, 5.74) is 5.36. The molecule has 2 saturated heterocycles. The van der Waals surface area contributed by atoms with Gasteiger partial charge in [-0.15, -0.1) is 0 Å². The van der Waals surface area contributed by atoms with Gasteiger partial charge >= 0.3 is 0 Å². The Bertz CT molecular complexity index is 845. The van der Waals surface area contributed by atoms with Crippen LogP contribution in [-0.2, 0) is 9.47 Å². The number of rotatable bonds is 5. The lowest BCUT2D eigenvalue weighted by molar-refractivity contribution is 0.122. The van der Waals surface area contributed by atoms with Crippen LogP contribution in [0.3, 0.4) is 0 Å². The Hall–Kier alpha value is -2.71. The predicted molar refractivity (Wildman–Crippen MR) is 120 cm³/mol. The molecule has 0 bridgehead atoms. The van der Waals surface area contributed by atoms with E-state index in [1.165, 1.54) is 5.56 Å². The second-order valence-corrected chi connectivity index (χ2v) is 7.60. The minimum absolute atomic E-state index is 0.688. The smallest absolute Gasteiger partial charge is 0.229 e. The molecule has 30 heavy (non-hydrogen) atoms. The topological polar surface area (TPSA) is 75.1 Å². The molecule has 160 valence electrons. The van der Waals surface area contributed by atoms with Gasteiger partial charge in [-0.05, 0) is 25.3 Å². The summed E-state index contributed by atoms with van der Waals surface area (Å²) in [7, 11) is 0. The zero-order valence-corrected chi connectivity index (χ0v) is 17.6. The lowest BCUT2D eigenvalue weighted by atomic mass is 10.2. The summed E-state index contributed by atoms with van der Waals surface area (Å²) in [6.07, 6.45) is 3.97. The van der Waals surface area contributed by atoms with Crippen LogP contribution < -0.4 is 15.2 Å². The maximum absolute atomic E-state index is 5.68. The molecule has 1 aromatic heterocycles. The molecule has 4 rings (SSSR count). The molecule has 2 aromatic rings. The Morgan fingerprint density at radius 2 is 1.73 bits per heavy atom. The van der Waals surface area contributed by atoms with Crippen LogP contribution in [0.15, 0.2) is 35.4 Å². The molecular formula is C22H30N6O2. The van der Waals surface area contributed by atoms with E-state index >= 15 is 0 Å². The SMILES string of the molecule is Cc1cccc(/C=N/Nc2cc(N3CCCCOCC3)nc(N3CCOCC3)n2)c1. The van der Waals surface area contributed by atoms with E-state index in [4.69, 9.17) is 19.4 Å². The first-order chi connectivity index (χ1) is 14.8. The summed E-state index contributed by atoms with van der Waals surface area (Å²) in [6.45, 7) is 8.39. The number of hydrogen-bond acceptors (Lipinski definition) is 8. The van der Waals surface area contributed by atoms with Crippen molar-refractivity contribution in [2.75, 3.05) is 67.8 Å². The number of anilines is 3. The van der Waals surface area contributed by atoms with E-state index < -0.39 is 0 Å². The van der Waals surface area contributed by atoms with Crippen molar-refractivity contribution in [1.29, 1.82) is 0 Å². The Labute approximate surface area is 177 Å². The van der Waals surface area contributed by atoms with E-state index in [2.05, 4.69) is 39.4 Å². The second-order valence-electron chi connectivity index (χ2n) is 7.60. The first kappa shape index (κ1) is 20.6. The molecule has 3 heterocycles. The number of benzene rings is 1. The fraction of sp³-hybridized carbons (Fsp3) is 0.500. The summed E-state index contributed by atoms with van der Waals surface area (Å²) in [5, 5.41) is 4.41. The van der Waals surface area contributed by atoms with Gasteiger partial charge in [0.15, 0.2) is 5.82 Å². The molecule has 8 heteroatoms. The van der Waals surface area contributed by atoms with Gasteiger partial charge in [0.05, 0.1) is 26.0 Å². The largest absolute Gasteiger partial charge is 0.380 e. The Morgan fingerprint density at radius 3 is 2.57 bits per heavy atom. The highest BCUT2D eigenvalue weighted by molar-refractivity contribution is 5.80. The first-order valence-electron chi connectivity index (χ1n) is 10.7. The number of ether oxygens (including phenoxy) is 2. The van der Waals surface area contributed by atoms with Crippen molar-refractivity contribution in [3.63, 3.8) is 0 Å². The molecule has 0 aliphatic carbocycles. The first-order valence-corrected chi connectivity index (χ1v) is 10.7. The van der Waals surface area contributed by atoms with Gasteiger partial charge in [0.25, 0.3) is 0 Å². The molecule has 1 N–H and O–H groups in total. The summed E-state index contributed by atoms with van der Waals surface area (Å²) in [4.78, 5) is 14.0. The average molecular weight is 411 g/mol. The van der Waals surface area contributed by atoms with E-state index in [0.717, 1.165) is 57.0 Å². The minimum Gasteiger partial charge on any atom is -0.380 e. The van der Waals surface area contributed by atoms with Crippen molar-refractivity contribution in [2.45, 2.75) is 19.8 Å². The molecule has 1 aromatic carbocycles. The molecule has 0 spiro atoms. The van der Waals surface area contributed by atoms with Crippen LogP contribution in [-0.4, -0.2) is 68.8 Å². The Balaban J connectivity index is 1.56. The van der Waals surface area contributed by atoms with E-state index in [-0.39, 0.29) is 0 Å². The highest BCUT2D eigenvalue weighted by Gasteiger charge is 2.18. The number of nitrogens with zero attached hydrogens (tertiary/aromatic N) is 5. The van der Waals surface area contributed by atoms with Crippen LogP contribution >= 0.6 is 0 Å². The molecule has 2 fully saturated rings. The number of hydrazone groups is 1. The van der Waals surface area contributed by atoms with Gasteiger partial charge in [-0.1, -0.05) is 29.8 Å². The molecule has 0 atom stereocenters. The van der Waals surface area contributed by atoms with Gasteiger partial charge in [-0.25, -0.2) is 0 Å². The van der Waals surface area contributed by atoms with Gasteiger partial charge in [0.2, 0.25) is 5.95 Å². The van der Waals surface area contributed by atoms with E-state index in [1.807, 2.05) is 24.4 Å². The van der Waals surface area contributed by atoms with Gasteiger partial charge in [-0.3, -0.25) is 5.43 Å². The molecule has 0 radical (unpaired) electrons. The fourth-order valence-corrected chi connectivity index (χ4v) is 3.59. The lowest BCUT2D eigenvalue weighted by Gasteiger charge is -2.30. The zero-order chi connectivity index (χ0) is 20.6. The summed E-state index contributed by atoms with van der Waals surface area (Å²) >= 11 is 0. The molecule has 2 aliphatic rings. The van der Waals surface area contributed by atoms with Crippen molar-refractivity contribution < 1.29 is 9.47 Å². The molecule has 0 saturated carbocycles. The lowest BCUT2D eigenvalue weighted by Crippen LogP contribution is -2.38. The maximum atomic E-state index is 5.68. The van der Waals surface area contributed by atoms with Crippen LogP contribution in [0, 0.1) is 6.92 Å². The number of aromatic nitrogens is 2. The third-order valence-electron chi connectivity index (χ3n) is 5.23. The average Bonchev–Trinajstić information content (AvgIpc) is 2.74. The van der Waals surface area contributed by atoms with E-state index in [0.29, 0.717) is 31.6 Å².